The maximum Gasteiger partial charge on any atom is 0.246 e. The fourth-order valence-electron chi connectivity index (χ4n) is 4.75. The Labute approximate surface area is 179 Å². The van der Waals surface area contributed by atoms with Gasteiger partial charge < -0.3 is 20.3 Å². The topological polar surface area (TPSA) is 85.4 Å². The molecule has 1 saturated heterocycles. The molecule has 3 N–H and O–H groups in total. The molecule has 6 heteroatoms. The predicted molar refractivity (Wildman–Crippen MR) is 120 cm³/mol. The van der Waals surface area contributed by atoms with Gasteiger partial charge in [0.25, 0.3) is 0 Å². The van der Waals surface area contributed by atoms with E-state index in [1.54, 1.807) is 18.7 Å². The smallest absolute Gasteiger partial charge is 0.246 e. The Bertz CT molecular complexity index is 873. The van der Waals surface area contributed by atoms with Crippen LogP contribution in [0, 0.1) is 5.92 Å². The molecule has 6 nitrogen and oxygen atoms in total. The van der Waals surface area contributed by atoms with Crippen molar-refractivity contribution in [1.29, 1.82) is 0 Å². The highest BCUT2D eigenvalue weighted by Gasteiger charge is 2.49. The third-order valence-electron chi connectivity index (χ3n) is 5.85. The largest absolute Gasteiger partial charge is 0.390 e. The zero-order valence-electron chi connectivity index (χ0n) is 19.0. The van der Waals surface area contributed by atoms with E-state index in [-0.39, 0.29) is 24.3 Å². The van der Waals surface area contributed by atoms with Crippen LogP contribution in [0.1, 0.15) is 82.9 Å². The number of amides is 2. The van der Waals surface area contributed by atoms with Gasteiger partial charge in [-0.25, -0.2) is 0 Å². The number of carbonyl (C=O) groups is 2. The number of fused-ring (bicyclic) bond motifs is 2. The maximum atomic E-state index is 13.5. The summed E-state index contributed by atoms with van der Waals surface area (Å²) in [5.74, 6) is 0.113. The van der Waals surface area contributed by atoms with E-state index in [0.29, 0.717) is 12.3 Å². The summed E-state index contributed by atoms with van der Waals surface area (Å²) in [5, 5.41) is 13.1. The number of H-pyrrole nitrogens is 1. The lowest BCUT2D eigenvalue weighted by Crippen LogP contribution is -2.66. The molecule has 3 heterocycles. The average molecular weight is 414 g/mol. The summed E-state index contributed by atoms with van der Waals surface area (Å²) in [6, 6.07) is -1.42. The number of allylic oxidation sites excluding steroid dienone is 2. The number of piperazine rings is 1. The van der Waals surface area contributed by atoms with Crippen LogP contribution in [0.2, 0.25) is 0 Å². The summed E-state index contributed by atoms with van der Waals surface area (Å²) in [6.07, 6.45) is 9.57. The molecule has 0 aromatic carbocycles. The number of rotatable bonds is 6. The lowest BCUT2D eigenvalue weighted by molar-refractivity contribution is -0.155. The van der Waals surface area contributed by atoms with E-state index >= 15 is 0 Å². The maximum absolute atomic E-state index is 13.5. The molecule has 0 aliphatic carbocycles. The second-order valence-electron chi connectivity index (χ2n) is 9.53. The molecular formula is C24H35N3O3. The molecule has 0 bridgehead atoms. The Balaban J connectivity index is 2.12. The van der Waals surface area contributed by atoms with Gasteiger partial charge in [0.1, 0.15) is 12.1 Å². The van der Waals surface area contributed by atoms with E-state index in [1.165, 1.54) is 0 Å². The van der Waals surface area contributed by atoms with Gasteiger partial charge in [-0.15, -0.1) is 0 Å². The number of aromatic nitrogens is 1. The Kier molecular flexibility index (Phi) is 6.27. The number of aliphatic hydroxyl groups is 1. The number of nitrogens with one attached hydrogen (secondary N) is 2. The molecular weight excluding hydrogens is 378 g/mol. The fraction of sp³-hybridized carbons (Fsp3) is 0.583. The van der Waals surface area contributed by atoms with Crippen molar-refractivity contribution in [1.82, 2.24) is 15.2 Å². The summed E-state index contributed by atoms with van der Waals surface area (Å²) in [6.45, 7) is 11.6. The van der Waals surface area contributed by atoms with Crippen LogP contribution >= 0.6 is 0 Å². The van der Waals surface area contributed by atoms with Gasteiger partial charge in [0.15, 0.2) is 0 Å². The summed E-state index contributed by atoms with van der Waals surface area (Å²) in [4.78, 5) is 31.9. The van der Waals surface area contributed by atoms with E-state index < -0.39 is 17.7 Å². The standard InChI is InChI=1S/C24H35N3O3/c1-7-9-15-16-12-20-22(28)26-18(13-24(5,6)30)23(29)27(20)19(11-14(3)4)21(16)25-17(15)10-8-2/h7-10,14,18-20,25,30H,11-13H2,1-6H3,(H,26,28)/b9-7-,10-8-. The van der Waals surface area contributed by atoms with E-state index in [0.717, 1.165) is 28.9 Å². The van der Waals surface area contributed by atoms with Gasteiger partial charge in [-0.1, -0.05) is 32.1 Å². The Morgan fingerprint density at radius 2 is 1.87 bits per heavy atom. The summed E-state index contributed by atoms with van der Waals surface area (Å²) >= 11 is 0. The van der Waals surface area contributed by atoms with Crippen LogP contribution in [0.4, 0.5) is 0 Å². The molecule has 1 aromatic heterocycles. The molecule has 30 heavy (non-hydrogen) atoms. The van der Waals surface area contributed by atoms with Crippen molar-refractivity contribution < 1.29 is 14.7 Å². The third-order valence-corrected chi connectivity index (χ3v) is 5.85. The van der Waals surface area contributed by atoms with Crippen LogP contribution in [-0.2, 0) is 16.0 Å². The van der Waals surface area contributed by atoms with Crippen molar-refractivity contribution in [3.63, 3.8) is 0 Å². The normalized spacial score (nSPS) is 24.7. The van der Waals surface area contributed by atoms with Crippen LogP contribution in [0.3, 0.4) is 0 Å². The van der Waals surface area contributed by atoms with Crippen molar-refractivity contribution in [2.75, 3.05) is 0 Å². The number of hydrogen-bond donors (Lipinski definition) is 3. The fourth-order valence-corrected chi connectivity index (χ4v) is 4.75. The Hall–Kier alpha value is -2.34. The van der Waals surface area contributed by atoms with Gasteiger partial charge >= 0.3 is 0 Å². The SMILES string of the molecule is C/C=C\c1[nH]c2c(c1/C=C\C)CC1C(=O)NC(CC(C)(C)O)C(=O)N1C2CC(C)C. The van der Waals surface area contributed by atoms with Crippen LogP contribution in [-0.4, -0.2) is 44.5 Å². The van der Waals surface area contributed by atoms with Gasteiger partial charge in [0, 0.05) is 29.8 Å². The first kappa shape index (κ1) is 22.3. The predicted octanol–water partition coefficient (Wildman–Crippen LogP) is 3.58. The van der Waals surface area contributed by atoms with Gasteiger partial charge in [-0.2, -0.15) is 0 Å². The zero-order valence-corrected chi connectivity index (χ0v) is 19.0. The molecule has 0 spiro atoms. The second-order valence-corrected chi connectivity index (χ2v) is 9.53. The Morgan fingerprint density at radius 1 is 1.20 bits per heavy atom. The first-order chi connectivity index (χ1) is 14.1. The molecule has 0 radical (unpaired) electrons. The van der Waals surface area contributed by atoms with E-state index in [2.05, 4.69) is 30.2 Å². The van der Waals surface area contributed by atoms with Crippen molar-refractivity contribution in [3.05, 3.63) is 34.7 Å². The number of hydrogen-bond acceptors (Lipinski definition) is 3. The molecule has 1 aromatic rings. The molecule has 2 aliphatic heterocycles. The number of aromatic amines is 1. The van der Waals surface area contributed by atoms with E-state index in [9.17, 15) is 14.7 Å². The average Bonchev–Trinajstić information content (AvgIpc) is 2.96. The van der Waals surface area contributed by atoms with Crippen molar-refractivity contribution in [3.8, 4) is 0 Å². The summed E-state index contributed by atoms with van der Waals surface area (Å²) in [7, 11) is 0. The van der Waals surface area contributed by atoms with Crippen molar-refractivity contribution in [2.24, 2.45) is 5.92 Å². The van der Waals surface area contributed by atoms with Crippen LogP contribution < -0.4 is 5.32 Å². The highest BCUT2D eigenvalue weighted by Crippen LogP contribution is 2.42. The van der Waals surface area contributed by atoms with Crippen LogP contribution in [0.15, 0.2) is 12.2 Å². The van der Waals surface area contributed by atoms with E-state index in [1.807, 2.05) is 32.1 Å². The minimum atomic E-state index is -1.04. The lowest BCUT2D eigenvalue weighted by Gasteiger charge is -2.47. The molecule has 2 amide bonds. The lowest BCUT2D eigenvalue weighted by atomic mass is 9.83. The molecule has 164 valence electrons. The molecule has 1 fully saturated rings. The first-order valence-corrected chi connectivity index (χ1v) is 10.9. The molecule has 0 saturated carbocycles. The summed E-state index contributed by atoms with van der Waals surface area (Å²) in [5.41, 5.74) is 3.22. The quantitative estimate of drug-likeness (QED) is 0.666. The number of nitrogens with zero attached hydrogens (tertiary/aromatic N) is 1. The monoisotopic (exact) mass is 413 g/mol. The molecule has 2 aliphatic rings. The molecule has 3 unspecified atom stereocenters. The minimum absolute atomic E-state index is 0.104. The minimum Gasteiger partial charge on any atom is -0.390 e. The van der Waals surface area contributed by atoms with Gasteiger partial charge in [0.05, 0.1) is 11.6 Å². The van der Waals surface area contributed by atoms with Crippen LogP contribution in [0.25, 0.3) is 12.2 Å². The van der Waals surface area contributed by atoms with Gasteiger partial charge in [-0.05, 0) is 51.7 Å². The number of carbonyl (C=O) groups excluding carboxylic acids is 2. The van der Waals surface area contributed by atoms with Crippen molar-refractivity contribution in [2.45, 2.75) is 84.5 Å². The third kappa shape index (κ3) is 4.24. The Morgan fingerprint density at radius 3 is 2.43 bits per heavy atom. The highest BCUT2D eigenvalue weighted by atomic mass is 16.3. The van der Waals surface area contributed by atoms with Crippen LogP contribution in [0.5, 0.6) is 0 Å². The van der Waals surface area contributed by atoms with Crippen molar-refractivity contribution >= 4 is 24.0 Å². The van der Waals surface area contributed by atoms with Gasteiger partial charge in [-0.3, -0.25) is 9.59 Å². The van der Waals surface area contributed by atoms with Gasteiger partial charge in [0.2, 0.25) is 11.8 Å². The first-order valence-electron chi connectivity index (χ1n) is 10.9. The molecule has 3 atom stereocenters. The molecule has 3 rings (SSSR count). The second kappa shape index (κ2) is 8.42. The zero-order chi connectivity index (χ0) is 22.2. The highest BCUT2D eigenvalue weighted by molar-refractivity contribution is 5.98. The summed E-state index contributed by atoms with van der Waals surface area (Å²) < 4.78 is 0. The van der Waals surface area contributed by atoms with E-state index in [4.69, 9.17) is 0 Å².